The Morgan fingerprint density at radius 2 is 2.15 bits per heavy atom. The number of nitrogens with two attached hydrogens (primary N) is 1. The number of aromatic nitrogens is 1. The van der Waals surface area contributed by atoms with Gasteiger partial charge < -0.3 is 15.8 Å². The summed E-state index contributed by atoms with van der Waals surface area (Å²) in [4.78, 5) is 37.2. The standard InChI is InChI=1S/C12H14ClN3O4/c1-7(17)20-6-11(18)16-9(12(14)19)4-8-2-3-10(13)15-5-8/h2-3,5,9H,4,6H2,1H3,(H2,14,19)(H,16,18)/t9-/m0/s1. The van der Waals surface area contributed by atoms with E-state index >= 15 is 0 Å². The Morgan fingerprint density at radius 1 is 1.45 bits per heavy atom. The van der Waals surface area contributed by atoms with Gasteiger partial charge in [0.25, 0.3) is 5.91 Å². The number of nitrogens with zero attached hydrogens (tertiary/aromatic N) is 1. The van der Waals surface area contributed by atoms with Crippen molar-refractivity contribution in [2.24, 2.45) is 5.73 Å². The molecule has 0 aliphatic heterocycles. The van der Waals surface area contributed by atoms with Crippen molar-refractivity contribution in [3.8, 4) is 0 Å². The van der Waals surface area contributed by atoms with E-state index in [1.165, 1.54) is 13.1 Å². The van der Waals surface area contributed by atoms with Crippen molar-refractivity contribution in [3.63, 3.8) is 0 Å². The van der Waals surface area contributed by atoms with E-state index in [4.69, 9.17) is 17.3 Å². The predicted molar refractivity (Wildman–Crippen MR) is 70.7 cm³/mol. The molecule has 0 fully saturated rings. The molecule has 0 aromatic carbocycles. The lowest BCUT2D eigenvalue weighted by Crippen LogP contribution is -2.47. The molecule has 0 spiro atoms. The van der Waals surface area contributed by atoms with Crippen LogP contribution < -0.4 is 11.1 Å². The summed E-state index contributed by atoms with van der Waals surface area (Å²) in [5, 5.41) is 2.71. The minimum absolute atomic E-state index is 0.172. The second-order valence-electron chi connectivity index (χ2n) is 4.00. The van der Waals surface area contributed by atoms with Gasteiger partial charge in [-0.05, 0) is 11.6 Å². The number of hydrogen-bond donors (Lipinski definition) is 2. The van der Waals surface area contributed by atoms with Crippen molar-refractivity contribution >= 4 is 29.4 Å². The summed E-state index contributed by atoms with van der Waals surface area (Å²) >= 11 is 5.65. The van der Waals surface area contributed by atoms with Gasteiger partial charge >= 0.3 is 5.97 Å². The van der Waals surface area contributed by atoms with E-state index in [2.05, 4.69) is 15.0 Å². The average molecular weight is 300 g/mol. The van der Waals surface area contributed by atoms with E-state index in [1.807, 2.05) is 0 Å². The van der Waals surface area contributed by atoms with Crippen LogP contribution in [-0.2, 0) is 25.5 Å². The topological polar surface area (TPSA) is 111 Å². The highest BCUT2D eigenvalue weighted by Crippen LogP contribution is 2.07. The maximum absolute atomic E-state index is 11.5. The molecule has 0 unspecified atom stereocenters. The fourth-order valence-corrected chi connectivity index (χ4v) is 1.50. The van der Waals surface area contributed by atoms with Gasteiger partial charge in [0.15, 0.2) is 6.61 Å². The number of rotatable bonds is 6. The number of nitrogens with one attached hydrogen (secondary N) is 1. The summed E-state index contributed by atoms with van der Waals surface area (Å²) < 4.78 is 4.52. The first-order valence-corrected chi connectivity index (χ1v) is 6.08. The number of amides is 2. The minimum Gasteiger partial charge on any atom is -0.456 e. The van der Waals surface area contributed by atoms with Crippen LogP contribution in [0.25, 0.3) is 0 Å². The third-order valence-corrected chi connectivity index (χ3v) is 2.54. The number of primary amides is 1. The van der Waals surface area contributed by atoms with Gasteiger partial charge in [-0.25, -0.2) is 4.98 Å². The maximum atomic E-state index is 11.5. The molecule has 1 aromatic heterocycles. The summed E-state index contributed by atoms with van der Waals surface area (Å²) in [7, 11) is 0. The molecule has 0 radical (unpaired) electrons. The molecular formula is C12H14ClN3O4. The fraction of sp³-hybridized carbons (Fsp3) is 0.333. The zero-order chi connectivity index (χ0) is 15.1. The first-order valence-electron chi connectivity index (χ1n) is 5.71. The number of carbonyl (C=O) groups excluding carboxylic acids is 3. The summed E-state index contributed by atoms with van der Waals surface area (Å²) in [6.45, 7) is 0.718. The molecule has 8 heteroatoms. The maximum Gasteiger partial charge on any atom is 0.303 e. The number of carbonyl (C=O) groups is 3. The molecule has 2 amide bonds. The molecule has 0 saturated heterocycles. The number of hydrogen-bond acceptors (Lipinski definition) is 5. The van der Waals surface area contributed by atoms with Gasteiger partial charge in [-0.2, -0.15) is 0 Å². The molecule has 1 aromatic rings. The molecule has 3 N–H and O–H groups in total. The number of halogens is 1. The molecule has 0 bridgehead atoms. The van der Waals surface area contributed by atoms with Crippen molar-refractivity contribution in [1.29, 1.82) is 0 Å². The first kappa shape index (κ1) is 15.9. The highest BCUT2D eigenvalue weighted by atomic mass is 35.5. The van der Waals surface area contributed by atoms with Crippen LogP contribution in [0.1, 0.15) is 12.5 Å². The zero-order valence-electron chi connectivity index (χ0n) is 10.8. The van der Waals surface area contributed by atoms with Crippen LogP contribution in [0.3, 0.4) is 0 Å². The molecular weight excluding hydrogens is 286 g/mol. The van der Waals surface area contributed by atoms with Gasteiger partial charge in [-0.3, -0.25) is 14.4 Å². The van der Waals surface area contributed by atoms with E-state index in [9.17, 15) is 14.4 Å². The smallest absolute Gasteiger partial charge is 0.303 e. The normalized spacial score (nSPS) is 11.5. The van der Waals surface area contributed by atoms with E-state index in [-0.39, 0.29) is 6.42 Å². The molecule has 108 valence electrons. The Hall–Kier alpha value is -2.15. The van der Waals surface area contributed by atoms with E-state index < -0.39 is 30.4 Å². The lowest BCUT2D eigenvalue weighted by atomic mass is 10.1. The predicted octanol–water partition coefficient (Wildman–Crippen LogP) is -0.189. The molecule has 20 heavy (non-hydrogen) atoms. The van der Waals surface area contributed by atoms with Crippen LogP contribution in [-0.4, -0.2) is 35.4 Å². The third-order valence-electron chi connectivity index (χ3n) is 2.31. The number of esters is 1. The Kier molecular flexibility index (Phi) is 5.92. The second kappa shape index (κ2) is 7.44. The number of ether oxygens (including phenoxy) is 1. The van der Waals surface area contributed by atoms with Crippen LogP contribution >= 0.6 is 11.6 Å². The van der Waals surface area contributed by atoms with Crippen LogP contribution in [0.2, 0.25) is 5.15 Å². The van der Waals surface area contributed by atoms with E-state index in [0.717, 1.165) is 0 Å². The third kappa shape index (κ3) is 5.66. The van der Waals surface area contributed by atoms with Gasteiger partial charge in [0.1, 0.15) is 11.2 Å². The average Bonchev–Trinajstić information content (AvgIpc) is 2.38. The number of pyridine rings is 1. The van der Waals surface area contributed by atoms with Crippen molar-refractivity contribution < 1.29 is 19.1 Å². The monoisotopic (exact) mass is 299 g/mol. The lowest BCUT2D eigenvalue weighted by molar-refractivity contribution is -0.146. The van der Waals surface area contributed by atoms with E-state index in [0.29, 0.717) is 10.7 Å². The van der Waals surface area contributed by atoms with Crippen molar-refractivity contribution in [2.45, 2.75) is 19.4 Å². The first-order chi connectivity index (χ1) is 9.38. The Morgan fingerprint density at radius 3 is 2.65 bits per heavy atom. The Labute approximate surface area is 120 Å². The molecule has 7 nitrogen and oxygen atoms in total. The van der Waals surface area contributed by atoms with Crippen molar-refractivity contribution in [2.75, 3.05) is 6.61 Å². The van der Waals surface area contributed by atoms with Crippen LogP contribution in [0, 0.1) is 0 Å². The zero-order valence-corrected chi connectivity index (χ0v) is 11.5. The SMILES string of the molecule is CC(=O)OCC(=O)N[C@@H](Cc1ccc(Cl)nc1)C(N)=O. The van der Waals surface area contributed by atoms with Crippen molar-refractivity contribution in [1.82, 2.24) is 10.3 Å². The van der Waals surface area contributed by atoms with Gasteiger partial charge in [-0.15, -0.1) is 0 Å². The highest BCUT2D eigenvalue weighted by molar-refractivity contribution is 6.29. The molecule has 0 aliphatic carbocycles. The summed E-state index contributed by atoms with van der Waals surface area (Å²) in [5.41, 5.74) is 5.90. The molecule has 1 atom stereocenters. The summed E-state index contributed by atoms with van der Waals surface area (Å²) in [6, 6.07) is 2.32. The Bertz CT molecular complexity index is 504. The Balaban J connectivity index is 2.60. The molecule has 1 heterocycles. The summed E-state index contributed by atoms with van der Waals surface area (Å²) in [6.07, 6.45) is 1.65. The summed E-state index contributed by atoms with van der Waals surface area (Å²) in [5.74, 6) is -1.89. The minimum atomic E-state index is -0.916. The van der Waals surface area contributed by atoms with Crippen molar-refractivity contribution in [3.05, 3.63) is 29.0 Å². The lowest BCUT2D eigenvalue weighted by Gasteiger charge is -2.15. The van der Waals surface area contributed by atoms with Crippen LogP contribution in [0.4, 0.5) is 0 Å². The van der Waals surface area contributed by atoms with Gasteiger partial charge in [0, 0.05) is 19.5 Å². The van der Waals surface area contributed by atoms with Gasteiger partial charge in [0.2, 0.25) is 5.91 Å². The van der Waals surface area contributed by atoms with Crippen LogP contribution in [0.15, 0.2) is 18.3 Å². The van der Waals surface area contributed by atoms with E-state index in [1.54, 1.807) is 12.1 Å². The second-order valence-corrected chi connectivity index (χ2v) is 4.38. The highest BCUT2D eigenvalue weighted by Gasteiger charge is 2.19. The quantitative estimate of drug-likeness (QED) is 0.558. The molecule has 0 aliphatic rings. The van der Waals surface area contributed by atoms with Gasteiger partial charge in [-0.1, -0.05) is 17.7 Å². The van der Waals surface area contributed by atoms with Gasteiger partial charge in [0.05, 0.1) is 0 Å². The fourth-order valence-electron chi connectivity index (χ4n) is 1.39. The molecule has 1 rings (SSSR count). The van der Waals surface area contributed by atoms with Crippen LogP contribution in [0.5, 0.6) is 0 Å². The molecule has 0 saturated carbocycles. The largest absolute Gasteiger partial charge is 0.456 e.